The number of aromatic nitrogens is 4. The fourth-order valence-corrected chi connectivity index (χ4v) is 4.44. The number of aryl methyl sites for hydroxylation is 2. The Balaban J connectivity index is 0.00000274. The van der Waals surface area contributed by atoms with Gasteiger partial charge in [0.15, 0.2) is 0 Å². The molecule has 6 nitrogen and oxygen atoms in total. The van der Waals surface area contributed by atoms with E-state index in [4.69, 9.17) is 0 Å². The van der Waals surface area contributed by atoms with Gasteiger partial charge < -0.3 is 0 Å². The molecule has 0 aliphatic carbocycles. The van der Waals surface area contributed by atoms with Gasteiger partial charge >= 0.3 is 0 Å². The highest BCUT2D eigenvalue weighted by molar-refractivity contribution is 5.85. The number of hydrogen-bond acceptors (Lipinski definition) is 2. The lowest BCUT2D eigenvalue weighted by atomic mass is 9.85. The maximum absolute atomic E-state index is 13.7. The summed E-state index contributed by atoms with van der Waals surface area (Å²) in [5.74, 6) is -0.520. The van der Waals surface area contributed by atoms with Gasteiger partial charge in [0.1, 0.15) is 0 Å². The standard InChI is InChI=1S/C27H24N4O2.ClH/c1-18-23(26(32)30(28-18)21-14-8-4-9-15-21)25(20-12-6-3-7-13-20)24-19(2)29-31(27(24)33)22-16-10-5-11-17-22;/h3-17,25,28-29H,1-2H3;1H. The zero-order chi connectivity index (χ0) is 22.9. The minimum Gasteiger partial charge on any atom is -0.295 e. The third-order valence-electron chi connectivity index (χ3n) is 5.97. The van der Waals surface area contributed by atoms with Gasteiger partial charge in [0, 0.05) is 17.3 Å². The number of para-hydroxylation sites is 2. The fraction of sp³-hybridized carbons (Fsp3) is 0.111. The molecule has 0 saturated heterocycles. The van der Waals surface area contributed by atoms with Crippen molar-refractivity contribution in [2.75, 3.05) is 0 Å². The minimum atomic E-state index is -0.520. The average Bonchev–Trinajstić information content (AvgIpc) is 3.31. The van der Waals surface area contributed by atoms with E-state index in [2.05, 4.69) is 10.2 Å². The Morgan fingerprint density at radius 3 is 1.32 bits per heavy atom. The molecule has 5 rings (SSSR count). The third kappa shape index (κ3) is 3.93. The van der Waals surface area contributed by atoms with Crippen molar-refractivity contribution < 1.29 is 0 Å². The van der Waals surface area contributed by atoms with Gasteiger partial charge in [-0.05, 0) is 43.7 Å². The second-order valence-corrected chi connectivity index (χ2v) is 8.10. The molecular formula is C27H25ClN4O2. The van der Waals surface area contributed by atoms with E-state index in [0.29, 0.717) is 11.1 Å². The average molecular weight is 473 g/mol. The number of nitrogens with one attached hydrogen (secondary N) is 2. The lowest BCUT2D eigenvalue weighted by Crippen LogP contribution is -2.25. The molecule has 0 unspecified atom stereocenters. The summed E-state index contributed by atoms with van der Waals surface area (Å²) in [7, 11) is 0. The zero-order valence-corrected chi connectivity index (χ0v) is 19.7. The number of hydrogen-bond donors (Lipinski definition) is 2. The highest BCUT2D eigenvalue weighted by atomic mass is 35.5. The lowest BCUT2D eigenvalue weighted by Gasteiger charge is -2.15. The molecule has 172 valence electrons. The number of benzene rings is 3. The van der Waals surface area contributed by atoms with Gasteiger partial charge in [-0.3, -0.25) is 19.8 Å². The molecule has 2 heterocycles. The molecule has 5 aromatic rings. The van der Waals surface area contributed by atoms with Crippen molar-refractivity contribution in [3.8, 4) is 11.4 Å². The molecule has 0 aliphatic heterocycles. The van der Waals surface area contributed by atoms with Crippen molar-refractivity contribution in [2.24, 2.45) is 0 Å². The highest BCUT2D eigenvalue weighted by Gasteiger charge is 2.30. The lowest BCUT2D eigenvalue weighted by molar-refractivity contribution is 0.830. The summed E-state index contributed by atoms with van der Waals surface area (Å²) in [6.07, 6.45) is 0. The maximum Gasteiger partial charge on any atom is 0.275 e. The number of halogens is 1. The van der Waals surface area contributed by atoms with E-state index in [-0.39, 0.29) is 23.5 Å². The molecule has 0 fully saturated rings. The SMILES string of the molecule is Cc1[nH]n(-c2ccccc2)c(=O)c1C(c1ccccc1)c1c(C)[nH]n(-c2ccccc2)c1=O.Cl. The van der Waals surface area contributed by atoms with Crippen molar-refractivity contribution in [1.82, 2.24) is 19.6 Å². The molecule has 2 N–H and O–H groups in total. The minimum absolute atomic E-state index is 0. The Kier molecular flexibility index (Phi) is 6.43. The number of aromatic amines is 2. The first kappa shape index (κ1) is 23.1. The van der Waals surface area contributed by atoms with E-state index in [1.54, 1.807) is 9.36 Å². The second-order valence-electron chi connectivity index (χ2n) is 8.10. The van der Waals surface area contributed by atoms with Gasteiger partial charge in [-0.15, -0.1) is 12.4 Å². The largest absolute Gasteiger partial charge is 0.295 e. The summed E-state index contributed by atoms with van der Waals surface area (Å²) in [5.41, 5.74) is 4.61. The van der Waals surface area contributed by atoms with Gasteiger partial charge in [0.2, 0.25) is 0 Å². The Morgan fingerprint density at radius 1 is 0.588 bits per heavy atom. The van der Waals surface area contributed by atoms with Crippen LogP contribution in [0.2, 0.25) is 0 Å². The van der Waals surface area contributed by atoms with Crippen LogP contribution in [0.25, 0.3) is 11.4 Å². The highest BCUT2D eigenvalue weighted by Crippen LogP contribution is 2.32. The van der Waals surface area contributed by atoms with E-state index >= 15 is 0 Å². The Bertz CT molecular complexity index is 1420. The summed E-state index contributed by atoms with van der Waals surface area (Å²) < 4.78 is 3.08. The van der Waals surface area contributed by atoms with Crippen LogP contribution >= 0.6 is 12.4 Å². The topological polar surface area (TPSA) is 75.6 Å². The number of nitrogens with zero attached hydrogens (tertiary/aromatic N) is 2. The number of H-pyrrole nitrogens is 2. The van der Waals surface area contributed by atoms with Crippen LogP contribution in [0.5, 0.6) is 0 Å². The summed E-state index contributed by atoms with van der Waals surface area (Å²) in [6.45, 7) is 3.76. The van der Waals surface area contributed by atoms with Crippen molar-refractivity contribution in [2.45, 2.75) is 19.8 Å². The first-order valence-electron chi connectivity index (χ1n) is 10.8. The molecule has 3 aromatic carbocycles. The van der Waals surface area contributed by atoms with E-state index < -0.39 is 5.92 Å². The molecule has 2 aromatic heterocycles. The molecule has 0 aliphatic rings. The van der Waals surface area contributed by atoms with Crippen LogP contribution in [0.3, 0.4) is 0 Å². The predicted octanol–water partition coefficient (Wildman–Crippen LogP) is 4.86. The van der Waals surface area contributed by atoms with Crippen LogP contribution in [0.1, 0.15) is 34.0 Å². The molecular weight excluding hydrogens is 448 g/mol. The maximum atomic E-state index is 13.7. The van der Waals surface area contributed by atoms with E-state index in [9.17, 15) is 9.59 Å². The van der Waals surface area contributed by atoms with E-state index in [1.165, 1.54) is 0 Å². The molecule has 0 saturated carbocycles. The molecule has 0 atom stereocenters. The molecule has 7 heteroatoms. The van der Waals surface area contributed by atoms with Crippen LogP contribution in [-0.4, -0.2) is 19.6 Å². The predicted molar refractivity (Wildman–Crippen MR) is 137 cm³/mol. The van der Waals surface area contributed by atoms with Crippen LogP contribution in [-0.2, 0) is 0 Å². The quantitative estimate of drug-likeness (QED) is 0.383. The zero-order valence-electron chi connectivity index (χ0n) is 18.9. The first-order chi connectivity index (χ1) is 16.1. The normalized spacial score (nSPS) is 10.9. The summed E-state index contributed by atoms with van der Waals surface area (Å²) in [6, 6.07) is 28.6. The van der Waals surface area contributed by atoms with Crippen molar-refractivity contribution in [3.05, 3.63) is 140 Å². The monoisotopic (exact) mass is 472 g/mol. The smallest absolute Gasteiger partial charge is 0.275 e. The first-order valence-corrected chi connectivity index (χ1v) is 10.8. The van der Waals surface area contributed by atoms with Crippen LogP contribution in [0, 0.1) is 13.8 Å². The van der Waals surface area contributed by atoms with Gasteiger partial charge in [-0.25, -0.2) is 9.36 Å². The molecule has 0 radical (unpaired) electrons. The van der Waals surface area contributed by atoms with Crippen LogP contribution in [0.4, 0.5) is 0 Å². The Hall–Kier alpha value is -4.03. The molecule has 0 amide bonds. The van der Waals surface area contributed by atoms with Gasteiger partial charge in [-0.2, -0.15) is 0 Å². The van der Waals surface area contributed by atoms with Gasteiger partial charge in [0.25, 0.3) is 11.1 Å². The molecule has 34 heavy (non-hydrogen) atoms. The Morgan fingerprint density at radius 2 is 0.941 bits per heavy atom. The Labute approximate surface area is 202 Å². The van der Waals surface area contributed by atoms with Crippen LogP contribution < -0.4 is 11.1 Å². The second kappa shape index (κ2) is 9.45. The summed E-state index contributed by atoms with van der Waals surface area (Å²) in [5, 5.41) is 6.42. The van der Waals surface area contributed by atoms with E-state index in [1.807, 2.05) is 105 Å². The number of rotatable bonds is 5. The molecule has 0 bridgehead atoms. The van der Waals surface area contributed by atoms with E-state index in [0.717, 1.165) is 28.3 Å². The molecule has 0 spiro atoms. The van der Waals surface area contributed by atoms with Crippen molar-refractivity contribution in [1.29, 1.82) is 0 Å². The van der Waals surface area contributed by atoms with Gasteiger partial charge in [-0.1, -0.05) is 66.7 Å². The summed E-state index contributed by atoms with van der Waals surface area (Å²) in [4.78, 5) is 27.4. The fourth-order valence-electron chi connectivity index (χ4n) is 4.44. The third-order valence-corrected chi connectivity index (χ3v) is 5.97. The van der Waals surface area contributed by atoms with Crippen LogP contribution in [0.15, 0.2) is 101 Å². The van der Waals surface area contributed by atoms with Crippen molar-refractivity contribution >= 4 is 12.4 Å². The van der Waals surface area contributed by atoms with Gasteiger partial charge in [0.05, 0.1) is 22.5 Å². The summed E-state index contributed by atoms with van der Waals surface area (Å²) >= 11 is 0. The van der Waals surface area contributed by atoms with Crippen molar-refractivity contribution in [3.63, 3.8) is 0 Å².